The maximum absolute atomic E-state index is 11.5. The first kappa shape index (κ1) is 14.4. The first-order valence-corrected chi connectivity index (χ1v) is 7.26. The molecule has 6 nitrogen and oxygen atoms in total. The number of esters is 1. The van der Waals surface area contributed by atoms with Gasteiger partial charge in [0.15, 0.2) is 0 Å². The Kier molecular flexibility index (Phi) is 5.26. The Morgan fingerprint density at radius 1 is 1.74 bits per heavy atom. The van der Waals surface area contributed by atoms with Crippen molar-refractivity contribution in [3.8, 4) is 0 Å². The number of thiazole rings is 1. The summed E-state index contributed by atoms with van der Waals surface area (Å²) in [4.78, 5) is 18.1. The Morgan fingerprint density at radius 2 is 2.58 bits per heavy atom. The van der Waals surface area contributed by atoms with Crippen LogP contribution in [0.25, 0.3) is 0 Å². The summed E-state index contributed by atoms with van der Waals surface area (Å²) in [5.41, 5.74) is 6.50. The van der Waals surface area contributed by atoms with Crippen LogP contribution >= 0.6 is 11.3 Å². The minimum atomic E-state index is -0.347. The highest BCUT2D eigenvalue weighted by Crippen LogP contribution is 2.14. The molecule has 0 aliphatic carbocycles. The van der Waals surface area contributed by atoms with Gasteiger partial charge in [0, 0.05) is 31.6 Å². The number of aromatic nitrogens is 1. The minimum absolute atomic E-state index is 0.0944. The fourth-order valence-corrected chi connectivity index (χ4v) is 2.66. The second-order valence-electron chi connectivity index (χ2n) is 4.33. The molecule has 2 heterocycles. The van der Waals surface area contributed by atoms with Crippen molar-refractivity contribution in [2.45, 2.75) is 19.6 Å². The van der Waals surface area contributed by atoms with Crippen LogP contribution in [0.5, 0.6) is 0 Å². The summed E-state index contributed by atoms with van der Waals surface area (Å²) < 4.78 is 10.4. The lowest BCUT2D eigenvalue weighted by Crippen LogP contribution is -2.45. The average Bonchev–Trinajstić information content (AvgIpc) is 2.88. The van der Waals surface area contributed by atoms with E-state index in [1.165, 1.54) is 11.3 Å². The third-order valence-corrected chi connectivity index (χ3v) is 3.74. The Bertz CT molecular complexity index is 424. The van der Waals surface area contributed by atoms with Gasteiger partial charge in [0.2, 0.25) is 5.01 Å². The molecule has 1 fully saturated rings. The fraction of sp³-hybridized carbons (Fsp3) is 0.667. The summed E-state index contributed by atoms with van der Waals surface area (Å²) in [6, 6.07) is 0. The van der Waals surface area contributed by atoms with Crippen molar-refractivity contribution >= 4 is 17.3 Å². The van der Waals surface area contributed by atoms with Crippen molar-refractivity contribution in [3.63, 3.8) is 0 Å². The predicted molar refractivity (Wildman–Crippen MR) is 72.1 cm³/mol. The molecule has 0 aromatic carbocycles. The highest BCUT2D eigenvalue weighted by atomic mass is 32.1. The molecule has 2 rings (SSSR count). The number of morpholine rings is 1. The van der Waals surface area contributed by atoms with E-state index < -0.39 is 0 Å². The molecule has 1 aromatic rings. The zero-order valence-corrected chi connectivity index (χ0v) is 11.8. The van der Waals surface area contributed by atoms with E-state index in [1.54, 1.807) is 6.92 Å². The second-order valence-corrected chi connectivity index (χ2v) is 5.19. The predicted octanol–water partition coefficient (Wildman–Crippen LogP) is 0.479. The van der Waals surface area contributed by atoms with E-state index >= 15 is 0 Å². The van der Waals surface area contributed by atoms with E-state index in [0.29, 0.717) is 24.8 Å². The lowest BCUT2D eigenvalue weighted by atomic mass is 10.2. The van der Waals surface area contributed by atoms with Gasteiger partial charge in [0.1, 0.15) is 0 Å². The second kappa shape index (κ2) is 6.95. The molecule has 19 heavy (non-hydrogen) atoms. The first-order chi connectivity index (χ1) is 9.22. The first-order valence-electron chi connectivity index (χ1n) is 6.38. The summed E-state index contributed by atoms with van der Waals surface area (Å²) in [7, 11) is 0. The van der Waals surface area contributed by atoms with E-state index in [2.05, 4.69) is 9.88 Å². The summed E-state index contributed by atoms with van der Waals surface area (Å²) in [6.45, 7) is 5.77. The molecule has 1 unspecified atom stereocenters. The number of nitrogens with two attached hydrogens (primary N) is 1. The monoisotopic (exact) mass is 285 g/mol. The Morgan fingerprint density at radius 3 is 3.32 bits per heavy atom. The van der Waals surface area contributed by atoms with Gasteiger partial charge in [-0.15, -0.1) is 11.3 Å². The quantitative estimate of drug-likeness (QED) is 0.793. The van der Waals surface area contributed by atoms with Gasteiger partial charge < -0.3 is 15.2 Å². The Labute approximate surface area is 116 Å². The van der Waals surface area contributed by atoms with E-state index in [1.807, 2.05) is 5.38 Å². The normalized spacial score (nSPS) is 20.4. The van der Waals surface area contributed by atoms with Crippen LogP contribution in [0, 0.1) is 0 Å². The van der Waals surface area contributed by atoms with E-state index in [0.717, 1.165) is 25.3 Å². The van der Waals surface area contributed by atoms with Crippen molar-refractivity contribution in [1.29, 1.82) is 0 Å². The van der Waals surface area contributed by atoms with Gasteiger partial charge in [-0.3, -0.25) is 4.90 Å². The summed E-state index contributed by atoms with van der Waals surface area (Å²) in [5, 5.41) is 2.32. The molecule has 0 bridgehead atoms. The highest BCUT2D eigenvalue weighted by molar-refractivity contribution is 7.11. The van der Waals surface area contributed by atoms with Gasteiger partial charge >= 0.3 is 5.97 Å². The van der Waals surface area contributed by atoms with E-state index in [4.69, 9.17) is 15.2 Å². The maximum Gasteiger partial charge on any atom is 0.367 e. The van der Waals surface area contributed by atoms with Gasteiger partial charge in [-0.1, -0.05) is 0 Å². The molecule has 0 amide bonds. The van der Waals surface area contributed by atoms with Crippen molar-refractivity contribution < 1.29 is 14.3 Å². The van der Waals surface area contributed by atoms with E-state index in [-0.39, 0.29) is 12.1 Å². The topological polar surface area (TPSA) is 77.7 Å². The van der Waals surface area contributed by atoms with Crippen LogP contribution in [0.2, 0.25) is 0 Å². The van der Waals surface area contributed by atoms with Crippen molar-refractivity contribution in [1.82, 2.24) is 9.88 Å². The number of hydrogen-bond donors (Lipinski definition) is 1. The maximum atomic E-state index is 11.5. The molecular formula is C12H19N3O3S. The van der Waals surface area contributed by atoms with Crippen molar-refractivity contribution in [3.05, 3.63) is 16.1 Å². The number of hydrogen-bond acceptors (Lipinski definition) is 7. The molecule has 0 spiro atoms. The van der Waals surface area contributed by atoms with Crippen LogP contribution < -0.4 is 5.73 Å². The van der Waals surface area contributed by atoms with Crippen LogP contribution in [-0.2, 0) is 16.0 Å². The number of rotatable bonds is 5. The largest absolute Gasteiger partial charge is 0.461 e. The molecule has 1 saturated heterocycles. The van der Waals surface area contributed by atoms with Crippen molar-refractivity contribution in [2.75, 3.05) is 32.8 Å². The molecule has 0 saturated carbocycles. The molecule has 106 valence electrons. The molecule has 2 N–H and O–H groups in total. The van der Waals surface area contributed by atoms with E-state index in [9.17, 15) is 4.79 Å². The van der Waals surface area contributed by atoms with Crippen LogP contribution in [0.3, 0.4) is 0 Å². The molecule has 0 radical (unpaired) electrons. The van der Waals surface area contributed by atoms with Crippen LogP contribution in [0.4, 0.5) is 0 Å². The van der Waals surface area contributed by atoms with Gasteiger partial charge in [0.25, 0.3) is 0 Å². The fourth-order valence-electron chi connectivity index (χ4n) is 1.96. The summed E-state index contributed by atoms with van der Waals surface area (Å²) >= 11 is 1.32. The number of carbonyl (C=O) groups is 1. The zero-order chi connectivity index (χ0) is 13.7. The number of ether oxygens (including phenoxy) is 2. The Balaban J connectivity index is 1.90. The smallest absolute Gasteiger partial charge is 0.367 e. The molecule has 1 atom stereocenters. The lowest BCUT2D eigenvalue weighted by molar-refractivity contribution is -0.0263. The van der Waals surface area contributed by atoms with Crippen LogP contribution in [0.1, 0.15) is 22.4 Å². The molecular weight excluding hydrogens is 266 g/mol. The van der Waals surface area contributed by atoms with Crippen LogP contribution in [-0.4, -0.2) is 54.8 Å². The van der Waals surface area contributed by atoms with Gasteiger partial charge in [-0.05, 0) is 6.92 Å². The molecule has 7 heteroatoms. The Hall–Kier alpha value is -1.02. The lowest BCUT2D eigenvalue weighted by Gasteiger charge is -2.31. The summed E-state index contributed by atoms with van der Waals surface area (Å²) in [6.07, 6.45) is 0.0944. The third kappa shape index (κ3) is 3.97. The standard InChI is InChI=1S/C12H19N3O3S/c1-2-17-12(16)11-14-9(8-19-11)6-15-3-4-18-10(5-13)7-15/h8,10H,2-7,13H2,1H3. The van der Waals surface area contributed by atoms with Gasteiger partial charge in [-0.2, -0.15) is 0 Å². The number of carbonyl (C=O) groups excluding carboxylic acids is 1. The van der Waals surface area contributed by atoms with Gasteiger partial charge in [-0.25, -0.2) is 9.78 Å². The highest BCUT2D eigenvalue weighted by Gasteiger charge is 2.20. The average molecular weight is 285 g/mol. The minimum Gasteiger partial charge on any atom is -0.461 e. The molecule has 1 aliphatic heterocycles. The molecule has 1 aromatic heterocycles. The van der Waals surface area contributed by atoms with Gasteiger partial charge in [0.05, 0.1) is 25.0 Å². The molecule has 1 aliphatic rings. The number of nitrogens with zero attached hydrogens (tertiary/aromatic N) is 2. The van der Waals surface area contributed by atoms with Crippen molar-refractivity contribution in [2.24, 2.45) is 5.73 Å². The summed E-state index contributed by atoms with van der Waals surface area (Å²) in [5.74, 6) is -0.347. The SMILES string of the molecule is CCOC(=O)c1nc(CN2CCOC(CN)C2)cs1. The zero-order valence-electron chi connectivity index (χ0n) is 11.0. The third-order valence-electron chi connectivity index (χ3n) is 2.87. The van der Waals surface area contributed by atoms with Crippen LogP contribution in [0.15, 0.2) is 5.38 Å².